The number of rotatable bonds is 2. The second-order valence-corrected chi connectivity index (χ2v) is 6.63. The maximum absolute atomic E-state index is 12.5. The highest BCUT2D eigenvalue weighted by Crippen LogP contribution is 2.39. The molecular formula is C17H18ClNO4. The summed E-state index contributed by atoms with van der Waals surface area (Å²) < 4.78 is 4.65. The van der Waals surface area contributed by atoms with E-state index < -0.39 is 11.9 Å². The van der Waals surface area contributed by atoms with Gasteiger partial charge >= 0.3 is 5.97 Å². The van der Waals surface area contributed by atoms with Crippen LogP contribution in [0.4, 0.5) is 0 Å². The van der Waals surface area contributed by atoms with Crippen LogP contribution in [0, 0.1) is 11.8 Å². The lowest BCUT2D eigenvalue weighted by atomic mass is 9.69. The molecule has 1 amide bonds. The third-order valence-electron chi connectivity index (χ3n) is 4.82. The van der Waals surface area contributed by atoms with Crippen LogP contribution in [0.1, 0.15) is 30.7 Å². The van der Waals surface area contributed by atoms with Gasteiger partial charge in [-0.1, -0.05) is 23.7 Å². The summed E-state index contributed by atoms with van der Waals surface area (Å²) in [6.07, 6.45) is 1.33. The van der Waals surface area contributed by atoms with Crippen molar-refractivity contribution in [2.24, 2.45) is 11.8 Å². The Hall–Kier alpha value is -1.88. The molecule has 1 aliphatic heterocycles. The fraction of sp³-hybridized carbons (Fsp3) is 0.471. The zero-order valence-corrected chi connectivity index (χ0v) is 13.5. The average Bonchev–Trinajstić information content (AvgIpc) is 2.53. The highest BCUT2D eigenvalue weighted by molar-refractivity contribution is 6.30. The predicted octanol–water partition coefficient (Wildman–Crippen LogP) is 2.08. The molecule has 6 heteroatoms. The van der Waals surface area contributed by atoms with Crippen molar-refractivity contribution in [3.8, 4) is 0 Å². The molecule has 2 aliphatic rings. The first-order chi connectivity index (χ1) is 11.0. The second-order valence-electron chi connectivity index (χ2n) is 6.19. The van der Waals surface area contributed by atoms with Crippen molar-refractivity contribution in [3.63, 3.8) is 0 Å². The number of benzene rings is 1. The van der Waals surface area contributed by atoms with Crippen molar-refractivity contribution in [2.75, 3.05) is 7.11 Å². The third kappa shape index (κ3) is 3.11. The van der Waals surface area contributed by atoms with Gasteiger partial charge in [-0.15, -0.1) is 0 Å². The molecule has 1 heterocycles. The number of ether oxygens (including phenoxy) is 1. The van der Waals surface area contributed by atoms with Gasteiger partial charge in [-0.25, -0.2) is 0 Å². The van der Waals surface area contributed by atoms with Gasteiger partial charge in [0.1, 0.15) is 11.7 Å². The number of nitrogens with one attached hydrogen (secondary N) is 1. The Morgan fingerprint density at radius 3 is 2.78 bits per heavy atom. The minimum Gasteiger partial charge on any atom is -0.468 e. The quantitative estimate of drug-likeness (QED) is 0.663. The van der Waals surface area contributed by atoms with Crippen molar-refractivity contribution >= 4 is 29.3 Å². The van der Waals surface area contributed by atoms with Crippen LogP contribution in [0.3, 0.4) is 0 Å². The van der Waals surface area contributed by atoms with Crippen LogP contribution in [-0.4, -0.2) is 30.8 Å². The maximum Gasteiger partial charge on any atom is 0.318 e. The van der Waals surface area contributed by atoms with Gasteiger partial charge in [0.25, 0.3) is 0 Å². The molecule has 122 valence electrons. The molecule has 3 rings (SSSR count). The van der Waals surface area contributed by atoms with Crippen molar-refractivity contribution < 1.29 is 19.1 Å². The lowest BCUT2D eigenvalue weighted by molar-refractivity contribution is -0.154. The summed E-state index contributed by atoms with van der Waals surface area (Å²) in [6, 6.07) is 7.24. The standard InChI is InChI=1S/C17H18ClNO4/c1-23-17(22)13-8-12-14(19-16(13)21)6-10(7-15(12)20)9-3-2-4-11(18)5-9/h2-5,10,12-14H,6-8H2,1H3,(H,19,21). The van der Waals surface area contributed by atoms with E-state index in [2.05, 4.69) is 10.1 Å². The summed E-state index contributed by atoms with van der Waals surface area (Å²) in [5, 5.41) is 3.47. The number of methoxy groups -OCH3 is 1. The molecule has 1 aromatic carbocycles. The molecule has 0 bridgehead atoms. The van der Waals surface area contributed by atoms with Crippen LogP contribution in [0.2, 0.25) is 5.02 Å². The van der Waals surface area contributed by atoms with Gasteiger partial charge in [-0.3, -0.25) is 14.4 Å². The first-order valence-electron chi connectivity index (χ1n) is 7.66. The van der Waals surface area contributed by atoms with E-state index >= 15 is 0 Å². The number of hydrogen-bond acceptors (Lipinski definition) is 4. The van der Waals surface area contributed by atoms with Gasteiger partial charge in [0.2, 0.25) is 5.91 Å². The van der Waals surface area contributed by atoms with Crippen LogP contribution in [-0.2, 0) is 19.1 Å². The van der Waals surface area contributed by atoms with Crippen LogP contribution in [0.25, 0.3) is 0 Å². The average molecular weight is 336 g/mol. The Balaban J connectivity index is 1.78. The first kappa shape index (κ1) is 16.0. The fourth-order valence-corrected chi connectivity index (χ4v) is 3.83. The monoisotopic (exact) mass is 335 g/mol. The Morgan fingerprint density at radius 2 is 2.09 bits per heavy atom. The Labute approximate surface area is 139 Å². The number of carbonyl (C=O) groups is 3. The van der Waals surface area contributed by atoms with E-state index in [1.165, 1.54) is 7.11 Å². The molecule has 1 saturated carbocycles. The molecule has 0 radical (unpaired) electrons. The van der Waals surface area contributed by atoms with E-state index in [1.807, 2.05) is 18.2 Å². The van der Waals surface area contributed by atoms with Gasteiger partial charge in [0.05, 0.1) is 7.11 Å². The Kier molecular flexibility index (Phi) is 4.39. The minimum atomic E-state index is -0.882. The highest BCUT2D eigenvalue weighted by Gasteiger charge is 2.46. The van der Waals surface area contributed by atoms with Gasteiger partial charge in [-0.05, 0) is 36.5 Å². The smallest absolute Gasteiger partial charge is 0.318 e. The summed E-state index contributed by atoms with van der Waals surface area (Å²) in [5.74, 6) is -2.00. The molecular weight excluding hydrogens is 318 g/mol. The molecule has 0 spiro atoms. The van der Waals surface area contributed by atoms with Gasteiger partial charge in [0.15, 0.2) is 0 Å². The van der Waals surface area contributed by atoms with E-state index in [1.54, 1.807) is 6.07 Å². The number of hydrogen-bond donors (Lipinski definition) is 1. The van der Waals surface area contributed by atoms with Gasteiger partial charge in [0, 0.05) is 23.4 Å². The fourth-order valence-electron chi connectivity index (χ4n) is 3.63. The topological polar surface area (TPSA) is 72.5 Å². The van der Waals surface area contributed by atoms with Gasteiger partial charge in [-0.2, -0.15) is 0 Å². The number of esters is 1. The predicted molar refractivity (Wildman–Crippen MR) is 84.0 cm³/mol. The van der Waals surface area contributed by atoms with Gasteiger partial charge < -0.3 is 10.1 Å². The summed E-state index contributed by atoms with van der Waals surface area (Å²) in [6.45, 7) is 0. The van der Waals surface area contributed by atoms with Crippen molar-refractivity contribution in [2.45, 2.75) is 31.2 Å². The number of amides is 1. The van der Waals surface area contributed by atoms with E-state index in [-0.39, 0.29) is 36.0 Å². The Bertz CT molecular complexity index is 660. The number of Topliss-reactive ketones (excluding diaryl/α,β-unsaturated/α-hetero) is 1. The molecule has 0 aromatic heterocycles. The number of halogens is 1. The third-order valence-corrected chi connectivity index (χ3v) is 5.06. The number of piperidine rings is 1. The Morgan fingerprint density at radius 1 is 1.30 bits per heavy atom. The zero-order chi connectivity index (χ0) is 16.6. The summed E-state index contributed by atoms with van der Waals surface area (Å²) >= 11 is 6.02. The lowest BCUT2D eigenvalue weighted by Gasteiger charge is -2.40. The van der Waals surface area contributed by atoms with E-state index in [4.69, 9.17) is 11.6 Å². The van der Waals surface area contributed by atoms with Crippen molar-refractivity contribution in [3.05, 3.63) is 34.9 Å². The maximum atomic E-state index is 12.5. The molecule has 1 aliphatic carbocycles. The van der Waals surface area contributed by atoms with E-state index in [9.17, 15) is 14.4 Å². The zero-order valence-electron chi connectivity index (χ0n) is 12.8. The van der Waals surface area contributed by atoms with E-state index in [0.717, 1.165) is 5.56 Å². The minimum absolute atomic E-state index is 0.0393. The molecule has 23 heavy (non-hydrogen) atoms. The SMILES string of the molecule is COC(=O)C1CC2C(=O)CC(c3cccc(Cl)c3)CC2NC1=O. The molecule has 1 N–H and O–H groups in total. The number of ketones is 1. The summed E-state index contributed by atoms with van der Waals surface area (Å²) in [5.41, 5.74) is 1.01. The summed E-state index contributed by atoms with van der Waals surface area (Å²) in [7, 11) is 1.25. The molecule has 4 unspecified atom stereocenters. The normalized spacial score (nSPS) is 30.3. The van der Waals surface area contributed by atoms with Crippen LogP contribution >= 0.6 is 11.6 Å². The van der Waals surface area contributed by atoms with E-state index in [0.29, 0.717) is 17.9 Å². The summed E-state index contributed by atoms with van der Waals surface area (Å²) in [4.78, 5) is 36.3. The number of carbonyl (C=O) groups excluding carboxylic acids is 3. The second kappa shape index (κ2) is 6.32. The largest absolute Gasteiger partial charge is 0.468 e. The van der Waals surface area contributed by atoms with Crippen molar-refractivity contribution in [1.82, 2.24) is 5.32 Å². The van der Waals surface area contributed by atoms with Crippen LogP contribution < -0.4 is 5.32 Å². The van der Waals surface area contributed by atoms with Crippen LogP contribution in [0.15, 0.2) is 24.3 Å². The highest BCUT2D eigenvalue weighted by atomic mass is 35.5. The van der Waals surface area contributed by atoms with Crippen molar-refractivity contribution in [1.29, 1.82) is 0 Å². The van der Waals surface area contributed by atoms with Crippen LogP contribution in [0.5, 0.6) is 0 Å². The lowest BCUT2D eigenvalue weighted by Crippen LogP contribution is -2.56. The molecule has 2 fully saturated rings. The molecule has 1 aromatic rings. The molecule has 5 nitrogen and oxygen atoms in total. The first-order valence-corrected chi connectivity index (χ1v) is 8.03. The molecule has 4 atom stereocenters. The number of fused-ring (bicyclic) bond motifs is 1. The molecule has 1 saturated heterocycles.